The maximum absolute atomic E-state index is 9.51. The molecule has 1 aromatic heterocycles. The molecule has 2 aliphatic rings. The van der Waals surface area contributed by atoms with Crippen molar-refractivity contribution in [2.45, 2.75) is 6.42 Å². The molecule has 31 heavy (non-hydrogen) atoms. The Hall–Kier alpha value is -3.57. The van der Waals surface area contributed by atoms with Gasteiger partial charge in [-0.2, -0.15) is 5.10 Å². The second kappa shape index (κ2) is 7.29. The van der Waals surface area contributed by atoms with E-state index in [1.165, 1.54) is 22.4 Å². The van der Waals surface area contributed by atoms with E-state index in [9.17, 15) is 5.11 Å². The van der Waals surface area contributed by atoms with Gasteiger partial charge in [0.1, 0.15) is 5.75 Å². The van der Waals surface area contributed by atoms with Gasteiger partial charge in [0.2, 0.25) is 0 Å². The van der Waals surface area contributed by atoms with Gasteiger partial charge in [-0.3, -0.25) is 5.10 Å². The van der Waals surface area contributed by atoms with Gasteiger partial charge in [-0.05, 0) is 41.0 Å². The Morgan fingerprint density at radius 3 is 2.26 bits per heavy atom. The fourth-order valence-corrected chi connectivity index (χ4v) is 4.65. The Kier molecular flexibility index (Phi) is 4.28. The van der Waals surface area contributed by atoms with Crippen LogP contribution in [0.2, 0.25) is 0 Å². The van der Waals surface area contributed by atoms with E-state index in [-0.39, 0.29) is 5.75 Å². The fourth-order valence-electron chi connectivity index (χ4n) is 4.65. The number of phenols is 1. The number of morpholine rings is 1. The summed E-state index contributed by atoms with van der Waals surface area (Å²) in [6.07, 6.45) is 0.897. The Balaban J connectivity index is 1.29. The second-order valence-corrected chi connectivity index (χ2v) is 8.17. The Morgan fingerprint density at radius 1 is 0.839 bits per heavy atom. The van der Waals surface area contributed by atoms with Gasteiger partial charge in [0, 0.05) is 41.9 Å². The third-order valence-electron chi connectivity index (χ3n) is 6.33. The summed E-state index contributed by atoms with van der Waals surface area (Å²) in [7, 11) is 0. The summed E-state index contributed by atoms with van der Waals surface area (Å²) in [4.78, 5) is 2.40. The number of hydrogen-bond acceptors (Lipinski definition) is 4. The number of benzene rings is 3. The van der Waals surface area contributed by atoms with Crippen LogP contribution in [0.4, 0.5) is 5.69 Å². The van der Waals surface area contributed by atoms with E-state index in [0.717, 1.165) is 60.8 Å². The van der Waals surface area contributed by atoms with Crippen LogP contribution >= 0.6 is 0 Å². The van der Waals surface area contributed by atoms with E-state index in [1.54, 1.807) is 12.1 Å². The molecule has 0 atom stereocenters. The van der Waals surface area contributed by atoms with E-state index < -0.39 is 0 Å². The van der Waals surface area contributed by atoms with E-state index in [4.69, 9.17) is 4.74 Å². The van der Waals surface area contributed by atoms with Crippen LogP contribution in [0.5, 0.6) is 5.75 Å². The summed E-state index contributed by atoms with van der Waals surface area (Å²) in [6.45, 7) is 3.49. The number of phenolic OH excluding ortho intramolecular Hbond substituents is 1. The molecular formula is C26H23N3O2. The Morgan fingerprint density at radius 2 is 1.52 bits per heavy atom. The van der Waals surface area contributed by atoms with Crippen LogP contribution in [0.3, 0.4) is 0 Å². The zero-order chi connectivity index (χ0) is 20.8. The SMILES string of the molecule is Oc1ccc(-c2ccc(-c3n[nH]c4c3Cc3cc(N5CCOCC5)ccc3-4)cc2)cc1. The van der Waals surface area contributed by atoms with E-state index in [0.29, 0.717) is 0 Å². The number of nitrogens with one attached hydrogen (secondary N) is 1. The molecule has 3 aromatic carbocycles. The molecule has 1 saturated heterocycles. The zero-order valence-corrected chi connectivity index (χ0v) is 17.1. The molecule has 5 nitrogen and oxygen atoms in total. The smallest absolute Gasteiger partial charge is 0.115 e. The first kappa shape index (κ1) is 18.2. The van der Waals surface area contributed by atoms with Gasteiger partial charge < -0.3 is 14.7 Å². The Labute approximate surface area is 180 Å². The van der Waals surface area contributed by atoms with Crippen molar-refractivity contribution in [2.24, 2.45) is 0 Å². The highest BCUT2D eigenvalue weighted by molar-refractivity contribution is 5.83. The second-order valence-electron chi connectivity index (χ2n) is 8.17. The van der Waals surface area contributed by atoms with Crippen molar-refractivity contribution in [3.8, 4) is 39.4 Å². The topological polar surface area (TPSA) is 61.4 Å². The normalized spacial score (nSPS) is 15.0. The lowest BCUT2D eigenvalue weighted by Gasteiger charge is -2.29. The van der Waals surface area contributed by atoms with Crippen molar-refractivity contribution in [2.75, 3.05) is 31.2 Å². The number of H-pyrrole nitrogens is 1. The standard InChI is InChI=1S/C26H23N3O2/c30-22-8-5-18(6-9-22)17-1-3-19(4-2-17)25-24-16-20-15-21(29-11-13-31-14-12-29)7-10-23(20)26(24)28-27-25/h1-10,15,30H,11-14,16H2,(H,27,28). The quantitative estimate of drug-likeness (QED) is 0.447. The van der Waals surface area contributed by atoms with Crippen LogP contribution in [-0.2, 0) is 11.2 Å². The Bertz CT molecular complexity index is 1240. The van der Waals surface area contributed by atoms with Crippen molar-refractivity contribution in [3.63, 3.8) is 0 Å². The first-order valence-corrected chi connectivity index (χ1v) is 10.7. The lowest BCUT2D eigenvalue weighted by Crippen LogP contribution is -2.36. The highest BCUT2D eigenvalue weighted by Crippen LogP contribution is 2.41. The van der Waals surface area contributed by atoms with Gasteiger partial charge in [0.25, 0.3) is 0 Å². The predicted molar refractivity (Wildman–Crippen MR) is 122 cm³/mol. The van der Waals surface area contributed by atoms with E-state index >= 15 is 0 Å². The molecule has 0 radical (unpaired) electrons. The van der Waals surface area contributed by atoms with Crippen LogP contribution in [-0.4, -0.2) is 41.6 Å². The third kappa shape index (κ3) is 3.18. The number of aromatic hydroxyl groups is 1. The molecule has 1 aliphatic heterocycles. The molecule has 1 aliphatic carbocycles. The van der Waals surface area contributed by atoms with Crippen molar-refractivity contribution >= 4 is 5.69 Å². The van der Waals surface area contributed by atoms with Gasteiger partial charge in [0.05, 0.1) is 24.6 Å². The molecule has 1 fully saturated rings. The minimum Gasteiger partial charge on any atom is -0.508 e. The van der Waals surface area contributed by atoms with Gasteiger partial charge in [-0.15, -0.1) is 0 Å². The molecule has 2 N–H and O–H groups in total. The number of hydrogen-bond donors (Lipinski definition) is 2. The fraction of sp³-hybridized carbons (Fsp3) is 0.192. The first-order valence-electron chi connectivity index (χ1n) is 10.7. The van der Waals surface area contributed by atoms with Gasteiger partial charge in [-0.1, -0.05) is 42.5 Å². The molecule has 2 heterocycles. The lowest BCUT2D eigenvalue weighted by molar-refractivity contribution is 0.122. The number of fused-ring (bicyclic) bond motifs is 3. The largest absolute Gasteiger partial charge is 0.508 e. The molecule has 4 aromatic rings. The number of aromatic amines is 1. The summed E-state index contributed by atoms with van der Waals surface area (Å²) >= 11 is 0. The highest BCUT2D eigenvalue weighted by atomic mass is 16.5. The lowest BCUT2D eigenvalue weighted by atomic mass is 10.0. The predicted octanol–water partition coefficient (Wildman–Crippen LogP) is 4.86. The molecule has 0 bridgehead atoms. The average molecular weight is 409 g/mol. The van der Waals surface area contributed by atoms with Crippen LogP contribution in [0, 0.1) is 0 Å². The number of aromatic nitrogens is 2. The van der Waals surface area contributed by atoms with Crippen LogP contribution in [0.15, 0.2) is 66.7 Å². The molecule has 5 heteroatoms. The third-order valence-corrected chi connectivity index (χ3v) is 6.33. The summed E-state index contributed by atoms with van der Waals surface area (Å²) < 4.78 is 5.49. The monoisotopic (exact) mass is 409 g/mol. The van der Waals surface area contributed by atoms with Crippen molar-refractivity contribution < 1.29 is 9.84 Å². The summed E-state index contributed by atoms with van der Waals surface area (Å²) in [5.74, 6) is 0.281. The van der Waals surface area contributed by atoms with Crippen molar-refractivity contribution in [1.82, 2.24) is 10.2 Å². The molecule has 6 rings (SSSR count). The van der Waals surface area contributed by atoms with Gasteiger partial charge in [-0.25, -0.2) is 0 Å². The maximum Gasteiger partial charge on any atom is 0.115 e. The average Bonchev–Trinajstić information content (AvgIpc) is 3.39. The van der Waals surface area contributed by atoms with Crippen molar-refractivity contribution in [1.29, 1.82) is 0 Å². The molecular weight excluding hydrogens is 386 g/mol. The zero-order valence-electron chi connectivity index (χ0n) is 17.1. The molecule has 154 valence electrons. The molecule has 0 saturated carbocycles. The van der Waals surface area contributed by atoms with Gasteiger partial charge in [0.15, 0.2) is 0 Å². The summed E-state index contributed by atoms with van der Waals surface area (Å²) in [6, 6.07) is 22.5. The first-order chi connectivity index (χ1) is 15.3. The number of rotatable bonds is 3. The van der Waals surface area contributed by atoms with Crippen molar-refractivity contribution in [3.05, 3.63) is 77.9 Å². The summed E-state index contributed by atoms with van der Waals surface area (Å²) in [5, 5.41) is 17.4. The number of ether oxygens (including phenoxy) is 1. The molecule has 0 amide bonds. The molecule has 0 spiro atoms. The maximum atomic E-state index is 9.51. The minimum absolute atomic E-state index is 0.281. The highest BCUT2D eigenvalue weighted by Gasteiger charge is 2.26. The van der Waals surface area contributed by atoms with E-state index in [2.05, 4.69) is 57.6 Å². The number of nitrogens with zero attached hydrogens (tertiary/aromatic N) is 2. The number of anilines is 1. The molecule has 0 unspecified atom stereocenters. The van der Waals surface area contributed by atoms with E-state index in [1.807, 2.05) is 12.1 Å². The van der Waals surface area contributed by atoms with Gasteiger partial charge >= 0.3 is 0 Å². The van der Waals surface area contributed by atoms with Crippen LogP contribution in [0.1, 0.15) is 11.1 Å². The minimum atomic E-state index is 0.281. The summed E-state index contributed by atoms with van der Waals surface area (Å²) in [5.41, 5.74) is 10.6. The van der Waals surface area contributed by atoms with Crippen LogP contribution < -0.4 is 4.90 Å². The van der Waals surface area contributed by atoms with Crippen LogP contribution in [0.25, 0.3) is 33.6 Å².